The summed E-state index contributed by atoms with van der Waals surface area (Å²) in [7, 11) is 0. The van der Waals surface area contributed by atoms with Gasteiger partial charge in [0.05, 0.1) is 6.54 Å². The van der Waals surface area contributed by atoms with Gasteiger partial charge in [-0.3, -0.25) is 0 Å². The Kier molecular flexibility index (Phi) is 4.12. The fraction of sp³-hybridized carbons (Fsp3) is 0.636. The fourth-order valence-electron chi connectivity index (χ4n) is 1.95. The molecular formula is C11H17N3S2. The maximum Gasteiger partial charge on any atom is 0.166 e. The van der Waals surface area contributed by atoms with Gasteiger partial charge in [0.1, 0.15) is 5.01 Å². The summed E-state index contributed by atoms with van der Waals surface area (Å²) in [6, 6.07) is 0.582. The lowest BCUT2D eigenvalue weighted by atomic mass is 10.3. The van der Waals surface area contributed by atoms with Crippen molar-refractivity contribution in [3.8, 4) is 0 Å². The van der Waals surface area contributed by atoms with Gasteiger partial charge in [-0.1, -0.05) is 12.8 Å². The minimum absolute atomic E-state index is 0.582. The lowest BCUT2D eigenvalue weighted by Crippen LogP contribution is -2.40. The van der Waals surface area contributed by atoms with Gasteiger partial charge in [-0.2, -0.15) is 0 Å². The number of thiocarbonyl (C=S) groups is 1. The number of thiazole rings is 1. The molecule has 0 saturated heterocycles. The molecule has 1 fully saturated rings. The first-order valence-electron chi connectivity index (χ1n) is 5.69. The molecule has 3 nitrogen and oxygen atoms in total. The Labute approximate surface area is 106 Å². The quantitative estimate of drug-likeness (QED) is 0.813. The van der Waals surface area contributed by atoms with E-state index in [-0.39, 0.29) is 0 Å². The average molecular weight is 255 g/mol. The summed E-state index contributed by atoms with van der Waals surface area (Å²) in [5, 5.41) is 10.5. The molecule has 2 N–H and O–H groups in total. The van der Waals surface area contributed by atoms with Crippen molar-refractivity contribution in [3.63, 3.8) is 0 Å². The van der Waals surface area contributed by atoms with Crippen LogP contribution in [-0.4, -0.2) is 16.1 Å². The maximum atomic E-state index is 5.25. The van der Waals surface area contributed by atoms with Crippen LogP contribution >= 0.6 is 23.6 Å². The van der Waals surface area contributed by atoms with Crippen molar-refractivity contribution in [1.82, 2.24) is 15.6 Å². The van der Waals surface area contributed by atoms with Gasteiger partial charge < -0.3 is 10.6 Å². The molecule has 0 aliphatic heterocycles. The molecular weight excluding hydrogens is 238 g/mol. The largest absolute Gasteiger partial charge is 0.360 e. The predicted molar refractivity (Wildman–Crippen MR) is 71.7 cm³/mol. The smallest absolute Gasteiger partial charge is 0.166 e. The van der Waals surface area contributed by atoms with E-state index in [1.165, 1.54) is 25.7 Å². The summed E-state index contributed by atoms with van der Waals surface area (Å²) in [5.41, 5.74) is 1.08. The molecule has 0 aromatic carbocycles. The summed E-state index contributed by atoms with van der Waals surface area (Å²) in [4.78, 5) is 4.38. The van der Waals surface area contributed by atoms with Crippen molar-refractivity contribution in [2.75, 3.05) is 0 Å². The van der Waals surface area contributed by atoms with Gasteiger partial charge in [-0.25, -0.2) is 4.98 Å². The molecule has 1 aliphatic rings. The maximum absolute atomic E-state index is 5.25. The Hall–Kier alpha value is -0.680. The van der Waals surface area contributed by atoms with Crippen molar-refractivity contribution in [3.05, 3.63) is 16.1 Å². The normalized spacial score (nSPS) is 16.3. The van der Waals surface area contributed by atoms with Crippen LogP contribution in [0, 0.1) is 6.92 Å². The lowest BCUT2D eigenvalue weighted by molar-refractivity contribution is 0.621. The Morgan fingerprint density at radius 1 is 1.56 bits per heavy atom. The Morgan fingerprint density at radius 3 is 2.94 bits per heavy atom. The van der Waals surface area contributed by atoms with Gasteiger partial charge in [-0.05, 0) is 32.0 Å². The monoisotopic (exact) mass is 255 g/mol. The van der Waals surface area contributed by atoms with Crippen molar-refractivity contribution < 1.29 is 0 Å². The summed E-state index contributed by atoms with van der Waals surface area (Å²) in [6.07, 6.45) is 5.15. The number of aromatic nitrogens is 1. The zero-order valence-electron chi connectivity index (χ0n) is 9.45. The van der Waals surface area contributed by atoms with Crippen molar-refractivity contribution >= 4 is 28.7 Å². The fourth-order valence-corrected chi connectivity index (χ4v) is 2.90. The van der Waals surface area contributed by atoms with E-state index >= 15 is 0 Å². The van der Waals surface area contributed by atoms with Gasteiger partial charge >= 0.3 is 0 Å². The third-order valence-corrected chi connectivity index (χ3v) is 3.99. The van der Waals surface area contributed by atoms with E-state index in [9.17, 15) is 0 Å². The molecule has 0 atom stereocenters. The summed E-state index contributed by atoms with van der Waals surface area (Å²) < 4.78 is 0. The standard InChI is InChI=1S/C11H17N3S2/c1-8-7-16-10(13-8)6-12-11(15)14-9-4-2-3-5-9/h7,9H,2-6H2,1H3,(H2,12,14,15). The van der Waals surface area contributed by atoms with E-state index in [0.717, 1.165) is 22.4 Å². The number of nitrogens with zero attached hydrogens (tertiary/aromatic N) is 1. The van der Waals surface area contributed by atoms with E-state index in [1.807, 2.05) is 6.92 Å². The summed E-state index contributed by atoms with van der Waals surface area (Å²) in [5.74, 6) is 0. The Balaban J connectivity index is 1.71. The molecule has 0 spiro atoms. The summed E-state index contributed by atoms with van der Waals surface area (Å²) >= 11 is 6.92. The first kappa shape index (κ1) is 11.8. The number of aryl methyl sites for hydroxylation is 1. The highest BCUT2D eigenvalue weighted by molar-refractivity contribution is 7.80. The highest BCUT2D eigenvalue weighted by atomic mass is 32.1. The third kappa shape index (κ3) is 3.42. The van der Waals surface area contributed by atoms with Gasteiger partial charge in [0, 0.05) is 17.1 Å². The highest BCUT2D eigenvalue weighted by Crippen LogP contribution is 2.17. The van der Waals surface area contributed by atoms with Crippen molar-refractivity contribution in [1.29, 1.82) is 0 Å². The average Bonchev–Trinajstić information content (AvgIpc) is 2.87. The molecule has 0 bridgehead atoms. The molecule has 5 heteroatoms. The number of nitrogens with one attached hydrogen (secondary N) is 2. The Bertz CT molecular complexity index is 356. The van der Waals surface area contributed by atoms with Crippen LogP contribution in [0.25, 0.3) is 0 Å². The SMILES string of the molecule is Cc1csc(CNC(=S)NC2CCCC2)n1. The minimum atomic E-state index is 0.582. The van der Waals surface area contributed by atoms with E-state index < -0.39 is 0 Å². The van der Waals surface area contributed by atoms with Crippen LogP contribution in [0.4, 0.5) is 0 Å². The second-order valence-corrected chi connectivity index (χ2v) is 5.54. The molecule has 1 saturated carbocycles. The van der Waals surface area contributed by atoms with Crippen LogP contribution in [0.1, 0.15) is 36.4 Å². The Morgan fingerprint density at radius 2 is 2.31 bits per heavy atom. The van der Waals surface area contributed by atoms with Gasteiger partial charge in [-0.15, -0.1) is 11.3 Å². The molecule has 1 aromatic heterocycles. The van der Waals surface area contributed by atoms with E-state index in [2.05, 4.69) is 21.0 Å². The van der Waals surface area contributed by atoms with E-state index in [1.54, 1.807) is 11.3 Å². The molecule has 16 heavy (non-hydrogen) atoms. The van der Waals surface area contributed by atoms with Crippen LogP contribution in [0.15, 0.2) is 5.38 Å². The number of rotatable bonds is 3. The van der Waals surface area contributed by atoms with Gasteiger partial charge in [0.15, 0.2) is 5.11 Å². The second-order valence-electron chi connectivity index (χ2n) is 4.19. The zero-order chi connectivity index (χ0) is 11.4. The first-order valence-corrected chi connectivity index (χ1v) is 6.98. The second kappa shape index (κ2) is 5.59. The minimum Gasteiger partial charge on any atom is -0.360 e. The van der Waals surface area contributed by atoms with Gasteiger partial charge in [0.25, 0.3) is 0 Å². The van der Waals surface area contributed by atoms with Crippen LogP contribution in [0.5, 0.6) is 0 Å². The zero-order valence-corrected chi connectivity index (χ0v) is 11.1. The van der Waals surface area contributed by atoms with Gasteiger partial charge in [0.2, 0.25) is 0 Å². The molecule has 2 rings (SSSR count). The van der Waals surface area contributed by atoms with Crippen LogP contribution < -0.4 is 10.6 Å². The van der Waals surface area contributed by atoms with Crippen molar-refractivity contribution in [2.24, 2.45) is 0 Å². The molecule has 0 amide bonds. The molecule has 1 aliphatic carbocycles. The number of hydrogen-bond donors (Lipinski definition) is 2. The number of hydrogen-bond acceptors (Lipinski definition) is 3. The van der Waals surface area contributed by atoms with Crippen LogP contribution in [0.3, 0.4) is 0 Å². The topological polar surface area (TPSA) is 37.0 Å². The highest BCUT2D eigenvalue weighted by Gasteiger charge is 2.15. The predicted octanol–water partition coefficient (Wildman–Crippen LogP) is 2.36. The van der Waals surface area contributed by atoms with E-state index in [0.29, 0.717) is 6.04 Å². The molecule has 88 valence electrons. The van der Waals surface area contributed by atoms with E-state index in [4.69, 9.17) is 12.2 Å². The van der Waals surface area contributed by atoms with Crippen LogP contribution in [-0.2, 0) is 6.54 Å². The first-order chi connectivity index (χ1) is 7.74. The molecule has 0 radical (unpaired) electrons. The third-order valence-electron chi connectivity index (χ3n) is 2.76. The molecule has 1 aromatic rings. The lowest BCUT2D eigenvalue weighted by Gasteiger charge is -2.14. The summed E-state index contributed by atoms with van der Waals surface area (Å²) in [6.45, 7) is 2.74. The molecule has 1 heterocycles. The molecule has 0 unspecified atom stereocenters. The van der Waals surface area contributed by atoms with Crippen molar-refractivity contribution in [2.45, 2.75) is 45.2 Å². The van der Waals surface area contributed by atoms with Crippen LogP contribution in [0.2, 0.25) is 0 Å².